The molecule has 0 N–H and O–H groups in total. The molecule has 0 amide bonds. The van der Waals surface area contributed by atoms with Crippen molar-refractivity contribution in [3.8, 4) is 0 Å². The minimum atomic E-state index is -3.73. The van der Waals surface area contributed by atoms with E-state index < -0.39 is 22.0 Å². The average Bonchev–Trinajstić information content (AvgIpc) is 3.23. The Morgan fingerprint density at radius 3 is 2.67 bits per heavy atom. The summed E-state index contributed by atoms with van der Waals surface area (Å²) in [6.07, 6.45) is 1.09. The molecule has 1 aromatic carbocycles. The zero-order valence-corrected chi connectivity index (χ0v) is 15.1. The van der Waals surface area contributed by atoms with Crippen molar-refractivity contribution in [3.63, 3.8) is 0 Å². The van der Waals surface area contributed by atoms with Crippen LogP contribution >= 0.6 is 22.9 Å². The topological polar surface area (TPSA) is 63.7 Å². The van der Waals surface area contributed by atoms with Crippen LogP contribution in [0, 0.1) is 0 Å². The van der Waals surface area contributed by atoms with Crippen LogP contribution in [0.5, 0.6) is 0 Å². The maximum atomic E-state index is 12.7. The lowest BCUT2D eigenvalue weighted by Crippen LogP contribution is -2.41. The third kappa shape index (κ3) is 3.64. The number of carbonyl (C=O) groups is 1. The molecule has 3 rings (SSSR count). The Bertz CT molecular complexity index is 820. The summed E-state index contributed by atoms with van der Waals surface area (Å²) >= 11 is 6.82. The van der Waals surface area contributed by atoms with E-state index in [-0.39, 0.29) is 10.8 Å². The van der Waals surface area contributed by atoms with E-state index >= 15 is 0 Å². The Hall–Kier alpha value is -1.41. The van der Waals surface area contributed by atoms with E-state index in [4.69, 9.17) is 16.3 Å². The van der Waals surface area contributed by atoms with Crippen LogP contribution in [0.4, 0.5) is 0 Å². The van der Waals surface area contributed by atoms with Crippen molar-refractivity contribution in [1.29, 1.82) is 0 Å². The van der Waals surface area contributed by atoms with Gasteiger partial charge in [0.15, 0.2) is 0 Å². The molecule has 0 radical (unpaired) electrons. The predicted octanol–water partition coefficient (Wildman–Crippen LogP) is 3.30. The van der Waals surface area contributed by atoms with E-state index in [1.165, 1.54) is 16.4 Å². The van der Waals surface area contributed by atoms with Crippen LogP contribution in [-0.2, 0) is 26.2 Å². The summed E-state index contributed by atoms with van der Waals surface area (Å²) in [7, 11) is -3.73. The monoisotopic (exact) mass is 385 g/mol. The summed E-state index contributed by atoms with van der Waals surface area (Å²) in [5.41, 5.74) is 0.864. The number of esters is 1. The normalized spacial score (nSPS) is 18.6. The molecule has 5 nitrogen and oxygen atoms in total. The smallest absolute Gasteiger partial charge is 0.324 e. The van der Waals surface area contributed by atoms with Crippen molar-refractivity contribution in [2.24, 2.45) is 0 Å². The molecular formula is C16H16ClNO4S2. The molecule has 1 aromatic heterocycles. The van der Waals surface area contributed by atoms with Gasteiger partial charge in [0.1, 0.15) is 16.9 Å². The third-order valence-electron chi connectivity index (χ3n) is 3.81. The number of thiophene rings is 1. The third-order valence-corrected chi connectivity index (χ3v) is 7.42. The maximum Gasteiger partial charge on any atom is 0.324 e. The highest BCUT2D eigenvalue weighted by Crippen LogP contribution is 2.32. The zero-order valence-electron chi connectivity index (χ0n) is 12.7. The SMILES string of the molecule is O=C(OCc1ccccc1)C1CCCN1S(=O)(=O)c1ccc(Cl)s1. The summed E-state index contributed by atoms with van der Waals surface area (Å²) in [5.74, 6) is -0.511. The van der Waals surface area contributed by atoms with Crippen molar-refractivity contribution < 1.29 is 17.9 Å². The van der Waals surface area contributed by atoms with Gasteiger partial charge in [-0.1, -0.05) is 41.9 Å². The number of hydrogen-bond donors (Lipinski definition) is 0. The largest absolute Gasteiger partial charge is 0.460 e. The van der Waals surface area contributed by atoms with E-state index in [2.05, 4.69) is 0 Å². The van der Waals surface area contributed by atoms with Gasteiger partial charge < -0.3 is 4.74 Å². The molecule has 8 heteroatoms. The summed E-state index contributed by atoms with van der Waals surface area (Å²) in [6.45, 7) is 0.442. The minimum absolute atomic E-state index is 0.134. The molecule has 0 aliphatic carbocycles. The number of sulfonamides is 1. The van der Waals surface area contributed by atoms with E-state index in [1.54, 1.807) is 0 Å². The second-order valence-corrected chi connectivity index (χ2v) is 9.26. The average molecular weight is 386 g/mol. The van der Waals surface area contributed by atoms with Crippen LogP contribution in [0.15, 0.2) is 46.7 Å². The summed E-state index contributed by atoms with van der Waals surface area (Å²) in [5, 5.41) is 0. The lowest BCUT2D eigenvalue weighted by molar-refractivity contribution is -0.148. The molecular weight excluding hydrogens is 370 g/mol. The number of hydrogen-bond acceptors (Lipinski definition) is 5. The van der Waals surface area contributed by atoms with Gasteiger partial charge in [-0.25, -0.2) is 8.42 Å². The molecule has 128 valence electrons. The fourth-order valence-electron chi connectivity index (χ4n) is 2.64. The quantitative estimate of drug-likeness (QED) is 0.741. The number of rotatable bonds is 5. The Labute approximate surface area is 149 Å². The van der Waals surface area contributed by atoms with Crippen LogP contribution in [0.3, 0.4) is 0 Å². The fourth-order valence-corrected chi connectivity index (χ4v) is 5.90. The summed E-state index contributed by atoms with van der Waals surface area (Å²) in [4.78, 5) is 12.4. The second-order valence-electron chi connectivity index (χ2n) is 5.43. The highest BCUT2D eigenvalue weighted by Gasteiger charge is 2.41. The van der Waals surface area contributed by atoms with Crippen LogP contribution < -0.4 is 0 Å². The van der Waals surface area contributed by atoms with Gasteiger partial charge >= 0.3 is 5.97 Å². The number of ether oxygens (including phenoxy) is 1. The number of carbonyl (C=O) groups excluding carboxylic acids is 1. The minimum Gasteiger partial charge on any atom is -0.460 e. The van der Waals surface area contributed by atoms with Gasteiger partial charge in [0.2, 0.25) is 0 Å². The van der Waals surface area contributed by atoms with Crippen molar-refractivity contribution in [3.05, 3.63) is 52.4 Å². The molecule has 0 spiro atoms. The van der Waals surface area contributed by atoms with Crippen LogP contribution in [0.25, 0.3) is 0 Å². The van der Waals surface area contributed by atoms with E-state index in [1.807, 2.05) is 30.3 Å². The molecule has 1 aliphatic rings. The van der Waals surface area contributed by atoms with E-state index in [9.17, 15) is 13.2 Å². The molecule has 1 atom stereocenters. The van der Waals surface area contributed by atoms with E-state index in [0.717, 1.165) is 16.9 Å². The molecule has 24 heavy (non-hydrogen) atoms. The first-order valence-electron chi connectivity index (χ1n) is 7.46. The number of nitrogens with zero attached hydrogens (tertiary/aromatic N) is 1. The van der Waals surface area contributed by atoms with Crippen LogP contribution in [-0.4, -0.2) is 31.3 Å². The maximum absolute atomic E-state index is 12.7. The van der Waals surface area contributed by atoms with Gasteiger partial charge in [-0.2, -0.15) is 4.31 Å². The Kier molecular flexibility index (Phi) is 5.24. The van der Waals surface area contributed by atoms with Gasteiger partial charge in [0.05, 0.1) is 4.34 Å². The number of benzene rings is 1. The molecule has 2 aromatic rings. The molecule has 2 heterocycles. The Balaban J connectivity index is 1.72. The van der Waals surface area contributed by atoms with Crippen molar-refractivity contribution >= 4 is 38.9 Å². The summed E-state index contributed by atoms with van der Waals surface area (Å²) < 4.78 is 32.5. The highest BCUT2D eigenvalue weighted by molar-refractivity contribution is 7.91. The standard InChI is InChI=1S/C16H16ClNO4S2/c17-14-8-9-15(23-14)24(20,21)18-10-4-7-13(18)16(19)22-11-12-5-2-1-3-6-12/h1-3,5-6,8-9,13H,4,7,10-11H2. The molecule has 1 fully saturated rings. The van der Waals surface area contributed by atoms with Gasteiger partial charge in [-0.05, 0) is 30.5 Å². The lowest BCUT2D eigenvalue weighted by atomic mass is 10.2. The van der Waals surface area contributed by atoms with Crippen molar-refractivity contribution in [2.75, 3.05) is 6.54 Å². The molecule has 1 aliphatic heterocycles. The first kappa shape index (κ1) is 17.4. The van der Waals surface area contributed by atoms with Gasteiger partial charge in [0.25, 0.3) is 10.0 Å². The molecule has 1 saturated heterocycles. The first-order valence-corrected chi connectivity index (χ1v) is 10.1. The van der Waals surface area contributed by atoms with Crippen molar-refractivity contribution in [2.45, 2.75) is 29.7 Å². The predicted molar refractivity (Wildman–Crippen MR) is 92.5 cm³/mol. The van der Waals surface area contributed by atoms with Gasteiger partial charge in [-0.3, -0.25) is 4.79 Å². The first-order chi connectivity index (χ1) is 11.5. The fraction of sp³-hybridized carbons (Fsp3) is 0.312. The zero-order chi connectivity index (χ0) is 17.2. The van der Waals surface area contributed by atoms with Crippen LogP contribution in [0.1, 0.15) is 18.4 Å². The van der Waals surface area contributed by atoms with E-state index in [0.29, 0.717) is 23.7 Å². The van der Waals surface area contributed by atoms with Gasteiger partial charge in [-0.15, -0.1) is 11.3 Å². The molecule has 0 saturated carbocycles. The second kappa shape index (κ2) is 7.23. The summed E-state index contributed by atoms with van der Waals surface area (Å²) in [6, 6.07) is 11.5. The molecule has 1 unspecified atom stereocenters. The van der Waals surface area contributed by atoms with Crippen LogP contribution in [0.2, 0.25) is 4.34 Å². The number of halogens is 1. The van der Waals surface area contributed by atoms with Crippen molar-refractivity contribution in [1.82, 2.24) is 4.31 Å². The molecule has 0 bridgehead atoms. The lowest BCUT2D eigenvalue weighted by Gasteiger charge is -2.22. The Morgan fingerprint density at radius 1 is 1.25 bits per heavy atom. The van der Waals surface area contributed by atoms with Gasteiger partial charge in [0, 0.05) is 6.54 Å². The highest BCUT2D eigenvalue weighted by atomic mass is 35.5. The Morgan fingerprint density at radius 2 is 2.00 bits per heavy atom.